The standard InChI is InChI=1S/C12H22N2/c1-2-6-10-9(5-1)13-11-7-3-4-8-12(11)14-10/h9-14H,1-8H2/t9-,10+,11+,12-. The van der Waals surface area contributed by atoms with Gasteiger partial charge in [0.05, 0.1) is 0 Å². The molecule has 0 spiro atoms. The van der Waals surface area contributed by atoms with E-state index in [-0.39, 0.29) is 0 Å². The summed E-state index contributed by atoms with van der Waals surface area (Å²) in [5.74, 6) is 0. The van der Waals surface area contributed by atoms with E-state index >= 15 is 0 Å². The average Bonchev–Trinajstić information content (AvgIpc) is 2.26. The van der Waals surface area contributed by atoms with Gasteiger partial charge in [-0.05, 0) is 25.7 Å². The van der Waals surface area contributed by atoms with E-state index < -0.39 is 0 Å². The van der Waals surface area contributed by atoms with E-state index in [2.05, 4.69) is 10.6 Å². The highest BCUT2D eigenvalue weighted by atomic mass is 15.2. The molecule has 2 N–H and O–H groups in total. The highest BCUT2D eigenvalue weighted by Crippen LogP contribution is 2.28. The summed E-state index contributed by atoms with van der Waals surface area (Å²) in [6.45, 7) is 0. The first-order valence-corrected chi connectivity index (χ1v) is 6.45. The molecule has 3 aliphatic rings. The lowest BCUT2D eigenvalue weighted by Crippen LogP contribution is -2.67. The zero-order valence-corrected chi connectivity index (χ0v) is 8.97. The van der Waals surface area contributed by atoms with Gasteiger partial charge < -0.3 is 10.6 Å². The molecule has 2 saturated carbocycles. The van der Waals surface area contributed by atoms with E-state index in [0.29, 0.717) is 0 Å². The van der Waals surface area contributed by atoms with E-state index in [4.69, 9.17) is 0 Å². The van der Waals surface area contributed by atoms with Crippen molar-refractivity contribution in [2.75, 3.05) is 0 Å². The molecule has 0 bridgehead atoms. The Kier molecular flexibility index (Phi) is 2.50. The molecule has 80 valence electrons. The molecule has 0 amide bonds. The lowest BCUT2D eigenvalue weighted by atomic mass is 9.81. The predicted molar refractivity (Wildman–Crippen MR) is 58.4 cm³/mol. The van der Waals surface area contributed by atoms with Crippen molar-refractivity contribution in [1.82, 2.24) is 10.6 Å². The first kappa shape index (κ1) is 9.17. The van der Waals surface area contributed by atoms with Crippen LogP contribution in [0.25, 0.3) is 0 Å². The van der Waals surface area contributed by atoms with Crippen molar-refractivity contribution in [2.45, 2.75) is 75.5 Å². The van der Waals surface area contributed by atoms with Gasteiger partial charge in [-0.3, -0.25) is 0 Å². The summed E-state index contributed by atoms with van der Waals surface area (Å²) in [5.41, 5.74) is 0. The fourth-order valence-corrected chi connectivity index (χ4v) is 3.61. The Balaban J connectivity index is 1.68. The van der Waals surface area contributed by atoms with Crippen LogP contribution < -0.4 is 10.6 Å². The van der Waals surface area contributed by atoms with Gasteiger partial charge in [-0.25, -0.2) is 0 Å². The van der Waals surface area contributed by atoms with Gasteiger partial charge in [0.1, 0.15) is 0 Å². The first-order valence-electron chi connectivity index (χ1n) is 6.45. The number of hydrogen-bond acceptors (Lipinski definition) is 2. The van der Waals surface area contributed by atoms with E-state index in [9.17, 15) is 0 Å². The van der Waals surface area contributed by atoms with Crippen LogP contribution in [0.5, 0.6) is 0 Å². The molecule has 14 heavy (non-hydrogen) atoms. The molecule has 0 unspecified atom stereocenters. The van der Waals surface area contributed by atoms with Gasteiger partial charge >= 0.3 is 0 Å². The molecule has 0 aromatic carbocycles. The van der Waals surface area contributed by atoms with Crippen LogP contribution in [0.4, 0.5) is 0 Å². The van der Waals surface area contributed by atoms with Crippen molar-refractivity contribution >= 4 is 0 Å². The maximum atomic E-state index is 3.89. The molecule has 2 aliphatic carbocycles. The number of fused-ring (bicyclic) bond motifs is 2. The highest BCUT2D eigenvalue weighted by molar-refractivity contribution is 5.00. The van der Waals surface area contributed by atoms with Gasteiger partial charge in [-0.15, -0.1) is 0 Å². The maximum Gasteiger partial charge on any atom is 0.0224 e. The van der Waals surface area contributed by atoms with Crippen LogP contribution in [-0.4, -0.2) is 24.2 Å². The van der Waals surface area contributed by atoms with Crippen LogP contribution >= 0.6 is 0 Å². The van der Waals surface area contributed by atoms with Crippen molar-refractivity contribution in [1.29, 1.82) is 0 Å². The molecule has 0 radical (unpaired) electrons. The molecule has 3 rings (SSSR count). The van der Waals surface area contributed by atoms with Crippen LogP contribution in [0.1, 0.15) is 51.4 Å². The van der Waals surface area contributed by atoms with Gasteiger partial charge in [0, 0.05) is 24.2 Å². The quantitative estimate of drug-likeness (QED) is 0.614. The van der Waals surface area contributed by atoms with Crippen molar-refractivity contribution in [2.24, 2.45) is 0 Å². The zero-order valence-electron chi connectivity index (χ0n) is 8.97. The Hall–Kier alpha value is -0.0800. The summed E-state index contributed by atoms with van der Waals surface area (Å²) in [6, 6.07) is 3.18. The van der Waals surface area contributed by atoms with Gasteiger partial charge in [-0.1, -0.05) is 25.7 Å². The number of hydrogen-bond donors (Lipinski definition) is 2. The molecule has 2 heteroatoms. The SMILES string of the molecule is C1CC[C@H]2N[C@H]3CCCC[C@H]3N[C@H]2C1. The summed E-state index contributed by atoms with van der Waals surface area (Å²) >= 11 is 0. The van der Waals surface area contributed by atoms with Crippen molar-refractivity contribution in [3.05, 3.63) is 0 Å². The number of piperazine rings is 1. The van der Waals surface area contributed by atoms with E-state index in [1.54, 1.807) is 0 Å². The van der Waals surface area contributed by atoms with Crippen LogP contribution in [0.15, 0.2) is 0 Å². The van der Waals surface area contributed by atoms with Crippen LogP contribution in [0, 0.1) is 0 Å². The molecule has 0 aromatic heterocycles. The second-order valence-electron chi connectivity index (χ2n) is 5.33. The molecular formula is C12H22N2. The monoisotopic (exact) mass is 194 g/mol. The van der Waals surface area contributed by atoms with Gasteiger partial charge in [0.15, 0.2) is 0 Å². The van der Waals surface area contributed by atoms with Gasteiger partial charge in [0.2, 0.25) is 0 Å². The van der Waals surface area contributed by atoms with E-state index in [0.717, 1.165) is 24.2 Å². The van der Waals surface area contributed by atoms with Gasteiger partial charge in [0.25, 0.3) is 0 Å². The average molecular weight is 194 g/mol. The molecule has 3 fully saturated rings. The fourth-order valence-electron chi connectivity index (χ4n) is 3.61. The molecule has 1 heterocycles. The van der Waals surface area contributed by atoms with E-state index in [1.807, 2.05) is 0 Å². The minimum atomic E-state index is 0.795. The summed E-state index contributed by atoms with van der Waals surface area (Å²) in [5, 5.41) is 7.79. The second kappa shape index (κ2) is 3.82. The minimum absolute atomic E-state index is 0.795. The minimum Gasteiger partial charge on any atom is -0.308 e. The van der Waals surface area contributed by atoms with Crippen LogP contribution in [0.2, 0.25) is 0 Å². The summed E-state index contributed by atoms with van der Waals surface area (Å²) in [4.78, 5) is 0. The van der Waals surface area contributed by atoms with Crippen molar-refractivity contribution in [3.63, 3.8) is 0 Å². The number of nitrogens with one attached hydrogen (secondary N) is 2. The molecule has 1 aliphatic heterocycles. The van der Waals surface area contributed by atoms with Gasteiger partial charge in [-0.2, -0.15) is 0 Å². The first-order chi connectivity index (χ1) is 6.93. The Morgan fingerprint density at radius 1 is 0.500 bits per heavy atom. The third-order valence-corrected chi connectivity index (χ3v) is 4.39. The van der Waals surface area contributed by atoms with Crippen LogP contribution in [-0.2, 0) is 0 Å². The Morgan fingerprint density at radius 2 is 0.786 bits per heavy atom. The summed E-state index contributed by atoms with van der Waals surface area (Å²) in [6.07, 6.45) is 11.4. The lowest BCUT2D eigenvalue weighted by molar-refractivity contribution is 0.138. The fraction of sp³-hybridized carbons (Fsp3) is 1.00. The smallest absolute Gasteiger partial charge is 0.0224 e. The molecular weight excluding hydrogens is 172 g/mol. The molecule has 2 nitrogen and oxygen atoms in total. The molecule has 4 atom stereocenters. The van der Waals surface area contributed by atoms with Crippen molar-refractivity contribution in [3.8, 4) is 0 Å². The summed E-state index contributed by atoms with van der Waals surface area (Å²) < 4.78 is 0. The molecule has 0 aromatic rings. The third-order valence-electron chi connectivity index (χ3n) is 4.39. The normalized spacial score (nSPS) is 48.0. The lowest BCUT2D eigenvalue weighted by Gasteiger charge is -2.47. The Bertz CT molecular complexity index is 162. The Labute approximate surface area is 86.8 Å². The summed E-state index contributed by atoms with van der Waals surface area (Å²) in [7, 11) is 0. The second-order valence-corrected chi connectivity index (χ2v) is 5.33. The highest BCUT2D eigenvalue weighted by Gasteiger charge is 2.37. The Morgan fingerprint density at radius 3 is 1.07 bits per heavy atom. The zero-order chi connectivity index (χ0) is 9.38. The topological polar surface area (TPSA) is 24.1 Å². The predicted octanol–water partition coefficient (Wildman–Crippen LogP) is 1.80. The largest absolute Gasteiger partial charge is 0.308 e. The van der Waals surface area contributed by atoms with Crippen LogP contribution in [0.3, 0.4) is 0 Å². The third kappa shape index (κ3) is 1.59. The van der Waals surface area contributed by atoms with E-state index in [1.165, 1.54) is 51.4 Å². The van der Waals surface area contributed by atoms with Crippen molar-refractivity contribution < 1.29 is 0 Å². The number of rotatable bonds is 0. The maximum absolute atomic E-state index is 3.89. The molecule has 1 saturated heterocycles.